The summed E-state index contributed by atoms with van der Waals surface area (Å²) in [4.78, 5) is 15.4. The summed E-state index contributed by atoms with van der Waals surface area (Å²) < 4.78 is 36.5. The lowest BCUT2D eigenvalue weighted by Gasteiger charge is -2.42. The number of sulfonamides is 1. The molecule has 0 aromatic heterocycles. The second-order valence-corrected chi connectivity index (χ2v) is 8.16. The van der Waals surface area contributed by atoms with Crippen molar-refractivity contribution < 1.29 is 22.7 Å². The predicted octanol–water partition coefficient (Wildman–Crippen LogP) is -1.56. The SMILES string of the molecule is CN(C)C(=O)CN1CCOC[C@]2(C1)CN(S(C)(=O)=O)CCO2. The van der Waals surface area contributed by atoms with Gasteiger partial charge in [0.25, 0.3) is 0 Å². The first-order valence-electron chi connectivity index (χ1n) is 7.31. The summed E-state index contributed by atoms with van der Waals surface area (Å²) in [5.41, 5.74) is -0.704. The van der Waals surface area contributed by atoms with Gasteiger partial charge in [-0.15, -0.1) is 0 Å². The fourth-order valence-corrected chi connectivity index (χ4v) is 3.60. The Morgan fingerprint density at radius 2 is 1.95 bits per heavy atom. The molecule has 0 unspecified atom stereocenters. The van der Waals surface area contributed by atoms with Gasteiger partial charge < -0.3 is 14.4 Å². The van der Waals surface area contributed by atoms with E-state index in [0.717, 1.165) is 0 Å². The fourth-order valence-electron chi connectivity index (χ4n) is 2.73. The van der Waals surface area contributed by atoms with Gasteiger partial charge >= 0.3 is 0 Å². The first-order valence-corrected chi connectivity index (χ1v) is 9.16. The molecule has 2 saturated heterocycles. The molecule has 2 rings (SSSR count). The van der Waals surface area contributed by atoms with Crippen LogP contribution in [0, 0.1) is 0 Å². The molecule has 0 aromatic rings. The molecule has 2 fully saturated rings. The number of hydrogen-bond acceptors (Lipinski definition) is 6. The summed E-state index contributed by atoms with van der Waals surface area (Å²) >= 11 is 0. The molecule has 0 bridgehead atoms. The molecule has 0 aliphatic carbocycles. The molecule has 0 saturated carbocycles. The molecule has 128 valence electrons. The van der Waals surface area contributed by atoms with Crippen LogP contribution >= 0.6 is 0 Å². The minimum absolute atomic E-state index is 0.00725. The number of rotatable bonds is 3. The average Bonchev–Trinajstić information content (AvgIpc) is 2.60. The van der Waals surface area contributed by atoms with Gasteiger partial charge in [-0.25, -0.2) is 8.42 Å². The van der Waals surface area contributed by atoms with Gasteiger partial charge in [0, 0.05) is 40.3 Å². The molecular formula is C13H25N3O5S. The maximum absolute atomic E-state index is 11.9. The highest BCUT2D eigenvalue weighted by Gasteiger charge is 2.42. The normalized spacial score (nSPS) is 28.5. The Morgan fingerprint density at radius 3 is 2.59 bits per heavy atom. The molecule has 1 spiro atoms. The second-order valence-electron chi connectivity index (χ2n) is 6.18. The van der Waals surface area contributed by atoms with Gasteiger partial charge in [-0.05, 0) is 0 Å². The van der Waals surface area contributed by atoms with Crippen molar-refractivity contribution in [2.45, 2.75) is 5.60 Å². The molecule has 2 aliphatic heterocycles. The van der Waals surface area contributed by atoms with Crippen molar-refractivity contribution in [2.75, 3.05) is 72.9 Å². The van der Waals surface area contributed by atoms with Crippen molar-refractivity contribution in [3.05, 3.63) is 0 Å². The quantitative estimate of drug-likeness (QED) is 0.620. The Balaban J connectivity index is 2.09. The summed E-state index contributed by atoms with van der Waals surface area (Å²) in [7, 11) is 0.171. The number of ether oxygens (including phenoxy) is 2. The Labute approximate surface area is 132 Å². The lowest BCUT2D eigenvalue weighted by Crippen LogP contribution is -2.60. The molecule has 9 heteroatoms. The van der Waals surface area contributed by atoms with Crippen LogP contribution in [-0.2, 0) is 24.3 Å². The van der Waals surface area contributed by atoms with E-state index in [4.69, 9.17) is 9.47 Å². The van der Waals surface area contributed by atoms with Crippen LogP contribution in [0.3, 0.4) is 0 Å². The summed E-state index contributed by atoms with van der Waals surface area (Å²) in [6.45, 7) is 3.19. The Morgan fingerprint density at radius 1 is 1.23 bits per heavy atom. The molecule has 0 N–H and O–H groups in total. The molecule has 0 radical (unpaired) electrons. The molecular weight excluding hydrogens is 310 g/mol. The van der Waals surface area contributed by atoms with Gasteiger partial charge in [0.15, 0.2) is 0 Å². The standard InChI is InChI=1S/C13H25N3O5S/c1-14(2)12(17)8-15-4-6-20-11-13(9-15)10-16(5-7-21-13)22(3,18)19/h4-11H2,1-3H3/t13-/m0/s1. The van der Waals surface area contributed by atoms with E-state index in [0.29, 0.717) is 39.5 Å². The third-order valence-electron chi connectivity index (χ3n) is 3.97. The van der Waals surface area contributed by atoms with Crippen molar-refractivity contribution in [1.82, 2.24) is 14.1 Å². The van der Waals surface area contributed by atoms with E-state index in [1.54, 1.807) is 19.0 Å². The minimum Gasteiger partial charge on any atom is -0.377 e. The molecule has 1 amide bonds. The fraction of sp³-hybridized carbons (Fsp3) is 0.923. The number of morpholine rings is 1. The van der Waals surface area contributed by atoms with E-state index in [1.165, 1.54) is 10.6 Å². The molecule has 0 aromatic carbocycles. The number of carbonyl (C=O) groups excluding carboxylic acids is 1. The van der Waals surface area contributed by atoms with Crippen LogP contribution in [0.1, 0.15) is 0 Å². The van der Waals surface area contributed by atoms with Crippen molar-refractivity contribution >= 4 is 15.9 Å². The Bertz CT molecular complexity index is 510. The van der Waals surface area contributed by atoms with E-state index in [-0.39, 0.29) is 19.0 Å². The molecule has 1 atom stereocenters. The molecule has 2 heterocycles. The zero-order valence-corrected chi connectivity index (χ0v) is 14.3. The molecule has 8 nitrogen and oxygen atoms in total. The largest absolute Gasteiger partial charge is 0.377 e. The Hall–Kier alpha value is -0.740. The molecule has 2 aliphatic rings. The Kier molecular flexibility index (Phi) is 5.44. The number of likely N-dealkylation sites (N-methyl/N-ethyl adjacent to an activating group) is 1. The summed E-state index contributed by atoms with van der Waals surface area (Å²) in [6, 6.07) is 0. The van der Waals surface area contributed by atoms with E-state index < -0.39 is 15.6 Å². The highest BCUT2D eigenvalue weighted by Crippen LogP contribution is 2.24. The first-order chi connectivity index (χ1) is 10.2. The van der Waals surface area contributed by atoms with Crippen LogP contribution in [0.2, 0.25) is 0 Å². The zero-order valence-electron chi connectivity index (χ0n) is 13.4. The lowest BCUT2D eigenvalue weighted by atomic mass is 10.0. The lowest BCUT2D eigenvalue weighted by molar-refractivity contribution is -0.135. The number of carbonyl (C=O) groups is 1. The van der Waals surface area contributed by atoms with Crippen molar-refractivity contribution in [1.29, 1.82) is 0 Å². The van der Waals surface area contributed by atoms with E-state index in [2.05, 4.69) is 0 Å². The number of nitrogens with zero attached hydrogens (tertiary/aromatic N) is 3. The van der Waals surface area contributed by atoms with Crippen molar-refractivity contribution in [2.24, 2.45) is 0 Å². The van der Waals surface area contributed by atoms with Crippen LogP contribution in [-0.4, -0.2) is 107 Å². The van der Waals surface area contributed by atoms with Crippen LogP contribution < -0.4 is 0 Å². The van der Waals surface area contributed by atoms with Crippen molar-refractivity contribution in [3.63, 3.8) is 0 Å². The van der Waals surface area contributed by atoms with Crippen molar-refractivity contribution in [3.8, 4) is 0 Å². The van der Waals surface area contributed by atoms with Gasteiger partial charge in [0.1, 0.15) is 5.60 Å². The maximum atomic E-state index is 11.9. The maximum Gasteiger partial charge on any atom is 0.236 e. The van der Waals surface area contributed by atoms with Gasteiger partial charge in [-0.2, -0.15) is 4.31 Å². The summed E-state index contributed by atoms with van der Waals surface area (Å²) in [5.74, 6) is 0.00725. The van der Waals surface area contributed by atoms with Gasteiger partial charge in [-0.3, -0.25) is 9.69 Å². The van der Waals surface area contributed by atoms with E-state index >= 15 is 0 Å². The smallest absolute Gasteiger partial charge is 0.236 e. The minimum atomic E-state index is -3.26. The number of amides is 1. The van der Waals surface area contributed by atoms with Crippen LogP contribution in [0.4, 0.5) is 0 Å². The van der Waals surface area contributed by atoms with Crippen LogP contribution in [0.5, 0.6) is 0 Å². The van der Waals surface area contributed by atoms with Crippen LogP contribution in [0.25, 0.3) is 0 Å². The number of hydrogen-bond donors (Lipinski definition) is 0. The zero-order chi connectivity index (χ0) is 16.4. The highest BCUT2D eigenvalue weighted by molar-refractivity contribution is 7.88. The second kappa shape index (κ2) is 6.79. The third-order valence-corrected chi connectivity index (χ3v) is 5.22. The summed E-state index contributed by atoms with van der Waals surface area (Å²) in [6.07, 6.45) is 1.21. The molecule has 22 heavy (non-hydrogen) atoms. The van der Waals surface area contributed by atoms with Gasteiger partial charge in [-0.1, -0.05) is 0 Å². The van der Waals surface area contributed by atoms with E-state index in [9.17, 15) is 13.2 Å². The predicted molar refractivity (Wildman–Crippen MR) is 81.1 cm³/mol. The van der Waals surface area contributed by atoms with Gasteiger partial charge in [0.05, 0.1) is 32.6 Å². The highest BCUT2D eigenvalue weighted by atomic mass is 32.2. The third kappa shape index (κ3) is 4.39. The topological polar surface area (TPSA) is 79.4 Å². The monoisotopic (exact) mass is 335 g/mol. The van der Waals surface area contributed by atoms with Gasteiger partial charge in [0.2, 0.25) is 15.9 Å². The average molecular weight is 335 g/mol. The summed E-state index contributed by atoms with van der Waals surface area (Å²) in [5, 5.41) is 0. The van der Waals surface area contributed by atoms with Crippen LogP contribution in [0.15, 0.2) is 0 Å². The van der Waals surface area contributed by atoms with E-state index in [1.807, 2.05) is 4.90 Å². The first kappa shape index (κ1) is 17.6.